The third-order valence-electron chi connectivity index (χ3n) is 4.30. The van der Waals surface area contributed by atoms with Crippen molar-refractivity contribution in [3.8, 4) is 5.88 Å². The fourth-order valence-corrected chi connectivity index (χ4v) is 2.73. The number of anilines is 1. The minimum absolute atomic E-state index is 0.0398. The Morgan fingerprint density at radius 1 is 1.24 bits per heavy atom. The van der Waals surface area contributed by atoms with Gasteiger partial charge in [0, 0.05) is 35.5 Å². The lowest BCUT2D eigenvalue weighted by atomic mass is 10.2. The molecule has 29 heavy (non-hydrogen) atoms. The summed E-state index contributed by atoms with van der Waals surface area (Å²) in [7, 11) is 0. The smallest absolute Gasteiger partial charge is 0.272 e. The van der Waals surface area contributed by atoms with Gasteiger partial charge in [0.05, 0.1) is 0 Å². The van der Waals surface area contributed by atoms with Gasteiger partial charge in [0.2, 0.25) is 11.8 Å². The molecule has 2 amide bonds. The summed E-state index contributed by atoms with van der Waals surface area (Å²) < 4.78 is 29.4. The molecule has 0 aliphatic heterocycles. The van der Waals surface area contributed by atoms with Gasteiger partial charge in [0.15, 0.2) is 6.61 Å². The van der Waals surface area contributed by atoms with Crippen molar-refractivity contribution in [3.63, 3.8) is 0 Å². The molecule has 2 heterocycles. The highest BCUT2D eigenvalue weighted by molar-refractivity contribution is 5.97. The Bertz CT molecular complexity index is 917. The maximum Gasteiger partial charge on any atom is 0.272 e. The first-order valence-corrected chi connectivity index (χ1v) is 9.26. The van der Waals surface area contributed by atoms with Crippen molar-refractivity contribution in [1.82, 2.24) is 15.3 Å². The van der Waals surface area contributed by atoms with Crippen LogP contribution < -0.4 is 15.4 Å². The molecular weight excluding hydrogens is 382 g/mol. The number of nitrogens with one attached hydrogen (secondary N) is 2. The number of carbonyl (C=O) groups excluding carboxylic acids is 2. The van der Waals surface area contributed by atoms with Crippen LogP contribution in [0.25, 0.3) is 0 Å². The number of aromatic nitrogens is 2. The van der Waals surface area contributed by atoms with Gasteiger partial charge in [-0.15, -0.1) is 0 Å². The molecule has 1 fully saturated rings. The zero-order valence-corrected chi connectivity index (χ0v) is 16.2. The van der Waals surface area contributed by atoms with Crippen LogP contribution in [-0.2, 0) is 11.3 Å². The van der Waals surface area contributed by atoms with E-state index in [1.54, 1.807) is 26.0 Å². The van der Waals surface area contributed by atoms with Crippen LogP contribution in [0.3, 0.4) is 0 Å². The lowest BCUT2D eigenvalue weighted by Gasteiger charge is -2.11. The van der Waals surface area contributed by atoms with Gasteiger partial charge in [-0.1, -0.05) is 0 Å². The maximum absolute atomic E-state index is 12.5. The normalized spacial score (nSPS) is 13.3. The molecule has 0 unspecified atom stereocenters. The number of ether oxygens (including phenoxy) is 1. The van der Waals surface area contributed by atoms with Gasteiger partial charge in [-0.3, -0.25) is 9.59 Å². The predicted molar refractivity (Wildman–Crippen MR) is 102 cm³/mol. The molecule has 0 atom stereocenters. The van der Waals surface area contributed by atoms with Crippen LogP contribution in [0.2, 0.25) is 0 Å². The Morgan fingerprint density at radius 2 is 2.00 bits per heavy atom. The average Bonchev–Trinajstić information content (AvgIpc) is 3.50. The van der Waals surface area contributed by atoms with E-state index in [9.17, 15) is 18.4 Å². The number of hydrogen-bond donors (Lipinski definition) is 2. The van der Waals surface area contributed by atoms with Crippen molar-refractivity contribution in [2.24, 2.45) is 5.92 Å². The Morgan fingerprint density at radius 3 is 2.66 bits per heavy atom. The number of aryl methyl sites for hydroxylation is 2. The molecule has 0 saturated heterocycles. The second-order valence-corrected chi connectivity index (χ2v) is 7.00. The van der Waals surface area contributed by atoms with Crippen LogP contribution in [0.15, 0.2) is 24.4 Å². The number of halogens is 2. The van der Waals surface area contributed by atoms with Gasteiger partial charge < -0.3 is 15.4 Å². The molecule has 1 aliphatic rings. The number of alkyl halides is 2. The lowest BCUT2D eigenvalue weighted by Crippen LogP contribution is -2.24. The number of rotatable bonds is 8. The number of nitrogens with zero attached hydrogens (tertiary/aromatic N) is 2. The van der Waals surface area contributed by atoms with Gasteiger partial charge in [-0.25, -0.2) is 18.7 Å². The zero-order chi connectivity index (χ0) is 21.0. The van der Waals surface area contributed by atoms with E-state index in [2.05, 4.69) is 20.6 Å². The molecule has 7 nitrogen and oxygen atoms in total. The quantitative estimate of drug-likeness (QED) is 0.706. The summed E-state index contributed by atoms with van der Waals surface area (Å²) in [5.41, 5.74) is 2.29. The van der Waals surface area contributed by atoms with Crippen molar-refractivity contribution >= 4 is 17.6 Å². The summed E-state index contributed by atoms with van der Waals surface area (Å²) in [6.07, 6.45) is 0.653. The highest BCUT2D eigenvalue weighted by Gasteiger charge is 2.30. The second-order valence-electron chi connectivity index (χ2n) is 7.00. The van der Waals surface area contributed by atoms with Crippen LogP contribution in [-0.4, -0.2) is 34.8 Å². The lowest BCUT2D eigenvalue weighted by molar-refractivity contribution is -0.117. The molecule has 9 heteroatoms. The van der Waals surface area contributed by atoms with Gasteiger partial charge >= 0.3 is 0 Å². The monoisotopic (exact) mass is 404 g/mol. The Balaban J connectivity index is 1.60. The highest BCUT2D eigenvalue weighted by atomic mass is 19.3. The molecule has 1 aliphatic carbocycles. The van der Waals surface area contributed by atoms with Crippen molar-refractivity contribution in [2.75, 3.05) is 11.9 Å². The van der Waals surface area contributed by atoms with Gasteiger partial charge in [-0.2, -0.15) is 0 Å². The van der Waals surface area contributed by atoms with E-state index in [1.807, 2.05) is 0 Å². The van der Waals surface area contributed by atoms with Crippen LogP contribution in [0.4, 0.5) is 14.6 Å². The summed E-state index contributed by atoms with van der Waals surface area (Å²) >= 11 is 0. The highest BCUT2D eigenvalue weighted by Crippen LogP contribution is 2.30. The maximum atomic E-state index is 12.5. The summed E-state index contributed by atoms with van der Waals surface area (Å²) in [6.45, 7) is 2.92. The Hall–Kier alpha value is -3.10. The van der Waals surface area contributed by atoms with Gasteiger partial charge in [0.1, 0.15) is 5.82 Å². The standard InChI is InChI=1S/C20H22F2N4O3/c1-11-5-13(9-24-20(11)29-10-16(21)22)8-23-18(27)15-6-12(2)25-17(7-15)26-19(28)14-3-4-14/h5-7,9,14,16H,3-4,8,10H2,1-2H3,(H,23,27)(H,25,26,28). The summed E-state index contributed by atoms with van der Waals surface area (Å²) in [4.78, 5) is 32.7. The molecule has 154 valence electrons. The third-order valence-corrected chi connectivity index (χ3v) is 4.30. The topological polar surface area (TPSA) is 93.2 Å². The second kappa shape index (κ2) is 8.93. The van der Waals surface area contributed by atoms with Crippen molar-refractivity contribution < 1.29 is 23.1 Å². The van der Waals surface area contributed by atoms with E-state index in [0.29, 0.717) is 28.2 Å². The van der Waals surface area contributed by atoms with E-state index in [1.165, 1.54) is 12.3 Å². The van der Waals surface area contributed by atoms with E-state index >= 15 is 0 Å². The first kappa shape index (κ1) is 20.6. The summed E-state index contributed by atoms with van der Waals surface area (Å²) in [5, 5.41) is 5.51. The fraction of sp³-hybridized carbons (Fsp3) is 0.400. The van der Waals surface area contributed by atoms with E-state index < -0.39 is 13.0 Å². The van der Waals surface area contributed by atoms with Crippen molar-refractivity contribution in [1.29, 1.82) is 0 Å². The molecule has 0 aromatic carbocycles. The van der Waals surface area contributed by atoms with Crippen molar-refractivity contribution in [3.05, 3.63) is 46.8 Å². The molecule has 3 rings (SSSR count). The van der Waals surface area contributed by atoms with Gasteiger partial charge in [-0.05, 0) is 50.5 Å². The minimum Gasteiger partial charge on any atom is -0.471 e. The van der Waals surface area contributed by atoms with Crippen LogP contribution in [0.5, 0.6) is 5.88 Å². The fourth-order valence-electron chi connectivity index (χ4n) is 2.73. The molecule has 0 bridgehead atoms. The van der Waals surface area contributed by atoms with Crippen molar-refractivity contribution in [2.45, 2.75) is 39.7 Å². The first-order chi connectivity index (χ1) is 13.8. The molecule has 2 aromatic rings. The number of carbonyl (C=O) groups is 2. The Labute approximate surface area is 166 Å². The minimum atomic E-state index is -2.57. The number of hydrogen-bond acceptors (Lipinski definition) is 5. The SMILES string of the molecule is Cc1cc(C(=O)NCc2cnc(OCC(F)F)c(C)c2)cc(NC(=O)C2CC2)n1. The van der Waals surface area contributed by atoms with E-state index in [0.717, 1.165) is 12.8 Å². The molecular formula is C20H22F2N4O3. The van der Waals surface area contributed by atoms with E-state index in [4.69, 9.17) is 4.74 Å². The van der Waals surface area contributed by atoms with Gasteiger partial charge in [0.25, 0.3) is 12.3 Å². The molecule has 2 aromatic heterocycles. The average molecular weight is 404 g/mol. The molecule has 1 saturated carbocycles. The largest absolute Gasteiger partial charge is 0.471 e. The Kier molecular flexibility index (Phi) is 6.36. The van der Waals surface area contributed by atoms with Crippen LogP contribution >= 0.6 is 0 Å². The molecule has 2 N–H and O–H groups in total. The molecule has 0 radical (unpaired) electrons. The third kappa shape index (κ3) is 5.94. The van der Waals surface area contributed by atoms with E-state index in [-0.39, 0.29) is 30.2 Å². The van der Waals surface area contributed by atoms with Crippen LogP contribution in [0.1, 0.15) is 40.0 Å². The number of amides is 2. The predicted octanol–water partition coefficient (Wildman–Crippen LogP) is 3.02. The number of pyridine rings is 2. The summed E-state index contributed by atoms with van der Waals surface area (Å²) in [6, 6.07) is 4.88. The first-order valence-electron chi connectivity index (χ1n) is 9.26. The zero-order valence-electron chi connectivity index (χ0n) is 16.2. The molecule has 0 spiro atoms. The van der Waals surface area contributed by atoms with Crippen LogP contribution in [0, 0.1) is 19.8 Å². The summed E-state index contributed by atoms with van der Waals surface area (Å²) in [5.74, 6) is 0.127.